The van der Waals surface area contributed by atoms with E-state index in [-0.39, 0.29) is 0 Å². The molecule has 11 heavy (non-hydrogen) atoms. The highest BCUT2D eigenvalue weighted by molar-refractivity contribution is 4.83. The molecule has 3 unspecified atom stereocenters. The summed E-state index contributed by atoms with van der Waals surface area (Å²) in [6.07, 6.45) is 4.57. The lowest BCUT2D eigenvalue weighted by molar-refractivity contribution is -0.0906. The molecule has 0 bridgehead atoms. The van der Waals surface area contributed by atoms with Crippen molar-refractivity contribution in [1.82, 2.24) is 0 Å². The van der Waals surface area contributed by atoms with Gasteiger partial charge in [0, 0.05) is 6.42 Å². The van der Waals surface area contributed by atoms with Crippen LogP contribution in [0.2, 0.25) is 0 Å². The summed E-state index contributed by atoms with van der Waals surface area (Å²) in [5.41, 5.74) is 0. The Morgan fingerprint density at radius 1 is 1.27 bits per heavy atom. The highest BCUT2D eigenvalue weighted by atomic mass is 16.6. The maximum absolute atomic E-state index is 9.01. The van der Waals surface area contributed by atoms with Crippen molar-refractivity contribution >= 4 is 0 Å². The van der Waals surface area contributed by atoms with E-state index >= 15 is 0 Å². The van der Waals surface area contributed by atoms with Crippen molar-refractivity contribution in [2.45, 2.75) is 51.9 Å². The molecule has 0 spiro atoms. The summed E-state index contributed by atoms with van der Waals surface area (Å²) in [5.74, 6) is 0.681. The van der Waals surface area contributed by atoms with E-state index in [1.54, 1.807) is 0 Å². The molecule has 0 aromatic heterocycles. The molecule has 3 atom stereocenters. The van der Waals surface area contributed by atoms with Crippen LogP contribution in [0.5, 0.6) is 0 Å². The Morgan fingerprint density at radius 3 is 2.64 bits per heavy atom. The zero-order chi connectivity index (χ0) is 8.27. The maximum atomic E-state index is 9.01. The third kappa shape index (κ3) is 1.94. The van der Waals surface area contributed by atoms with Gasteiger partial charge in [-0.05, 0) is 18.8 Å². The van der Waals surface area contributed by atoms with E-state index in [0.717, 1.165) is 6.42 Å². The molecule has 0 aromatic rings. The normalized spacial score (nSPS) is 41.2. The fourth-order valence-electron chi connectivity index (χ4n) is 1.97. The number of hydrogen-bond acceptors (Lipinski definition) is 2. The molecule has 1 N–H and O–H groups in total. The Labute approximate surface area is 68.6 Å². The lowest BCUT2D eigenvalue weighted by Crippen LogP contribution is -2.08. The Bertz CT molecular complexity index is 102. The number of aliphatic hydroxyl groups is 1. The lowest BCUT2D eigenvalue weighted by atomic mass is 10.1. The summed E-state index contributed by atoms with van der Waals surface area (Å²) < 4.78 is 5.24. The molecule has 1 aliphatic heterocycles. The van der Waals surface area contributed by atoms with Gasteiger partial charge in [0.1, 0.15) is 0 Å². The number of ether oxygens (including phenoxy) is 1. The molecule has 0 radical (unpaired) electrons. The standard InChI is InChI=1S/C7H12O2.C2H6/c8-7-4-5-2-1-3-6(5)9-7;1-2/h5-8H,1-4H2;1-2H3. The number of fused-ring (bicyclic) bond motifs is 1. The molecule has 2 nitrogen and oxygen atoms in total. The Balaban J connectivity index is 0.000000281. The first kappa shape index (κ1) is 9.01. The molecule has 2 heteroatoms. The van der Waals surface area contributed by atoms with Crippen molar-refractivity contribution in [3.05, 3.63) is 0 Å². The van der Waals surface area contributed by atoms with Crippen LogP contribution >= 0.6 is 0 Å². The molecule has 0 aromatic carbocycles. The van der Waals surface area contributed by atoms with Crippen molar-refractivity contribution < 1.29 is 9.84 Å². The van der Waals surface area contributed by atoms with Crippen LogP contribution in [0.1, 0.15) is 39.5 Å². The van der Waals surface area contributed by atoms with E-state index < -0.39 is 6.29 Å². The molecular weight excluding hydrogens is 140 g/mol. The second-order valence-corrected chi connectivity index (χ2v) is 3.06. The summed E-state index contributed by atoms with van der Waals surface area (Å²) in [6, 6.07) is 0. The van der Waals surface area contributed by atoms with Crippen LogP contribution < -0.4 is 0 Å². The topological polar surface area (TPSA) is 29.5 Å². The van der Waals surface area contributed by atoms with Gasteiger partial charge in [-0.25, -0.2) is 0 Å². The monoisotopic (exact) mass is 158 g/mol. The van der Waals surface area contributed by atoms with Gasteiger partial charge in [0.05, 0.1) is 6.10 Å². The molecule has 1 saturated heterocycles. The molecule has 1 saturated carbocycles. The summed E-state index contributed by atoms with van der Waals surface area (Å²) in [6.45, 7) is 4.00. The number of rotatable bonds is 0. The Hall–Kier alpha value is -0.0800. The zero-order valence-corrected chi connectivity index (χ0v) is 7.42. The van der Waals surface area contributed by atoms with Crippen LogP contribution in [0.25, 0.3) is 0 Å². The molecule has 0 amide bonds. The minimum atomic E-state index is -0.444. The average Bonchev–Trinajstić information content (AvgIpc) is 2.51. The maximum Gasteiger partial charge on any atom is 0.155 e. The molecule has 1 aliphatic carbocycles. The van der Waals surface area contributed by atoms with Gasteiger partial charge in [-0.1, -0.05) is 20.3 Å². The second-order valence-electron chi connectivity index (χ2n) is 3.06. The van der Waals surface area contributed by atoms with Crippen LogP contribution in [0, 0.1) is 5.92 Å². The van der Waals surface area contributed by atoms with Crippen molar-refractivity contribution in [2.75, 3.05) is 0 Å². The number of aliphatic hydroxyl groups excluding tert-OH is 1. The lowest BCUT2D eigenvalue weighted by Gasteiger charge is -2.05. The van der Waals surface area contributed by atoms with Gasteiger partial charge in [0.2, 0.25) is 0 Å². The SMILES string of the molecule is CC.OC1CC2CCCC2O1. The first-order chi connectivity index (χ1) is 5.36. The summed E-state index contributed by atoms with van der Waals surface area (Å²) >= 11 is 0. The minimum absolute atomic E-state index is 0.403. The average molecular weight is 158 g/mol. The predicted octanol–water partition coefficient (Wildman–Crippen LogP) is 1.92. The fraction of sp³-hybridized carbons (Fsp3) is 1.00. The van der Waals surface area contributed by atoms with Crippen LogP contribution in [0.15, 0.2) is 0 Å². The smallest absolute Gasteiger partial charge is 0.155 e. The summed E-state index contributed by atoms with van der Waals surface area (Å²) in [4.78, 5) is 0. The van der Waals surface area contributed by atoms with Gasteiger partial charge >= 0.3 is 0 Å². The molecule has 2 rings (SSSR count). The molecule has 2 aliphatic rings. The second kappa shape index (κ2) is 4.07. The van der Waals surface area contributed by atoms with Crippen molar-refractivity contribution in [3.8, 4) is 0 Å². The van der Waals surface area contributed by atoms with E-state index in [0.29, 0.717) is 12.0 Å². The van der Waals surface area contributed by atoms with Gasteiger partial charge < -0.3 is 9.84 Å². The van der Waals surface area contributed by atoms with E-state index in [1.165, 1.54) is 19.3 Å². The van der Waals surface area contributed by atoms with Gasteiger partial charge in [-0.3, -0.25) is 0 Å². The van der Waals surface area contributed by atoms with Crippen LogP contribution in [-0.4, -0.2) is 17.5 Å². The van der Waals surface area contributed by atoms with Crippen LogP contribution in [0.3, 0.4) is 0 Å². The van der Waals surface area contributed by atoms with Gasteiger partial charge in [-0.15, -0.1) is 0 Å². The fourth-order valence-corrected chi connectivity index (χ4v) is 1.97. The quantitative estimate of drug-likeness (QED) is 0.583. The van der Waals surface area contributed by atoms with E-state index in [1.807, 2.05) is 13.8 Å². The number of hydrogen-bond donors (Lipinski definition) is 1. The highest BCUT2D eigenvalue weighted by Crippen LogP contribution is 2.37. The largest absolute Gasteiger partial charge is 0.368 e. The van der Waals surface area contributed by atoms with Crippen LogP contribution in [-0.2, 0) is 4.74 Å². The first-order valence-electron chi connectivity index (χ1n) is 4.70. The van der Waals surface area contributed by atoms with E-state index in [2.05, 4.69) is 0 Å². The third-order valence-corrected chi connectivity index (χ3v) is 2.43. The molecular formula is C9H18O2. The zero-order valence-electron chi connectivity index (χ0n) is 7.42. The van der Waals surface area contributed by atoms with Gasteiger partial charge in [0.15, 0.2) is 6.29 Å². The Kier molecular flexibility index (Phi) is 3.34. The third-order valence-electron chi connectivity index (χ3n) is 2.43. The van der Waals surface area contributed by atoms with E-state index in [9.17, 15) is 0 Å². The van der Waals surface area contributed by atoms with Crippen molar-refractivity contribution in [2.24, 2.45) is 5.92 Å². The van der Waals surface area contributed by atoms with Gasteiger partial charge in [-0.2, -0.15) is 0 Å². The van der Waals surface area contributed by atoms with Crippen LogP contribution in [0.4, 0.5) is 0 Å². The van der Waals surface area contributed by atoms with E-state index in [4.69, 9.17) is 9.84 Å². The van der Waals surface area contributed by atoms with Gasteiger partial charge in [0.25, 0.3) is 0 Å². The van der Waals surface area contributed by atoms with Crippen molar-refractivity contribution in [1.29, 1.82) is 0 Å². The molecule has 66 valence electrons. The molecule has 1 heterocycles. The first-order valence-corrected chi connectivity index (χ1v) is 4.70. The predicted molar refractivity (Wildman–Crippen MR) is 44.2 cm³/mol. The minimum Gasteiger partial charge on any atom is -0.368 e. The summed E-state index contributed by atoms with van der Waals surface area (Å²) in [5, 5.41) is 9.01. The summed E-state index contributed by atoms with van der Waals surface area (Å²) in [7, 11) is 0. The highest BCUT2D eigenvalue weighted by Gasteiger charge is 2.37. The Morgan fingerprint density at radius 2 is 2.00 bits per heavy atom. The van der Waals surface area contributed by atoms with Crippen molar-refractivity contribution in [3.63, 3.8) is 0 Å². The molecule has 2 fully saturated rings.